The van der Waals surface area contributed by atoms with Gasteiger partial charge in [-0.15, -0.1) is 0 Å². The fourth-order valence-electron chi connectivity index (χ4n) is 2.14. The molecule has 1 aromatic carbocycles. The molecule has 0 spiro atoms. The quantitative estimate of drug-likeness (QED) is 0.495. The van der Waals surface area contributed by atoms with Gasteiger partial charge in [-0.1, -0.05) is 38.3 Å². The number of hydrogen-bond donors (Lipinski definition) is 1. The molecule has 1 rings (SSSR count). The lowest BCUT2D eigenvalue weighted by Crippen LogP contribution is -2.13. The molecule has 0 saturated heterocycles. The topological polar surface area (TPSA) is 64.6 Å². The molecule has 23 heavy (non-hydrogen) atoms. The van der Waals surface area contributed by atoms with Crippen molar-refractivity contribution in [2.24, 2.45) is 0 Å². The van der Waals surface area contributed by atoms with Crippen molar-refractivity contribution in [3.8, 4) is 5.75 Å². The Morgan fingerprint density at radius 1 is 1.04 bits per heavy atom. The number of ether oxygens (including phenoxy) is 2. The van der Waals surface area contributed by atoms with Gasteiger partial charge in [0.1, 0.15) is 5.75 Å². The third-order valence-corrected chi connectivity index (χ3v) is 3.43. The second-order valence-corrected chi connectivity index (χ2v) is 5.38. The van der Waals surface area contributed by atoms with E-state index in [9.17, 15) is 9.59 Å². The zero-order chi connectivity index (χ0) is 16.9. The van der Waals surface area contributed by atoms with E-state index in [-0.39, 0.29) is 24.7 Å². The number of nitrogens with one attached hydrogen (secondary N) is 1. The summed E-state index contributed by atoms with van der Waals surface area (Å²) in [5.41, 5.74) is 0.638. The van der Waals surface area contributed by atoms with E-state index in [2.05, 4.69) is 12.2 Å². The van der Waals surface area contributed by atoms with Crippen LogP contribution in [0.5, 0.6) is 5.75 Å². The first-order valence-corrected chi connectivity index (χ1v) is 8.25. The Balaban J connectivity index is 2.17. The Morgan fingerprint density at radius 2 is 1.83 bits per heavy atom. The van der Waals surface area contributed by atoms with Gasteiger partial charge in [-0.2, -0.15) is 0 Å². The van der Waals surface area contributed by atoms with Crippen molar-refractivity contribution in [2.75, 3.05) is 19.0 Å². The maximum Gasteiger partial charge on any atom is 0.305 e. The van der Waals surface area contributed by atoms with Gasteiger partial charge in [0.2, 0.25) is 5.91 Å². The van der Waals surface area contributed by atoms with E-state index in [1.54, 1.807) is 19.2 Å². The lowest BCUT2D eigenvalue weighted by Gasteiger charge is -2.09. The van der Waals surface area contributed by atoms with Gasteiger partial charge in [0, 0.05) is 12.8 Å². The summed E-state index contributed by atoms with van der Waals surface area (Å²) in [7, 11) is 1.56. The largest absolute Gasteiger partial charge is 0.495 e. The molecule has 0 aliphatic rings. The molecule has 0 fully saturated rings. The maximum absolute atomic E-state index is 11.9. The van der Waals surface area contributed by atoms with E-state index < -0.39 is 0 Å². The number of carbonyl (C=O) groups is 2. The van der Waals surface area contributed by atoms with Gasteiger partial charge in [-0.05, 0) is 25.0 Å². The molecular weight excluding hydrogens is 294 g/mol. The Hall–Kier alpha value is -2.04. The van der Waals surface area contributed by atoms with E-state index in [1.807, 2.05) is 12.1 Å². The lowest BCUT2D eigenvalue weighted by molar-refractivity contribution is -0.143. The monoisotopic (exact) mass is 321 g/mol. The van der Waals surface area contributed by atoms with Crippen LogP contribution in [-0.4, -0.2) is 25.6 Å². The van der Waals surface area contributed by atoms with Crippen LogP contribution in [-0.2, 0) is 14.3 Å². The van der Waals surface area contributed by atoms with Crippen LogP contribution >= 0.6 is 0 Å². The minimum Gasteiger partial charge on any atom is -0.495 e. The van der Waals surface area contributed by atoms with Crippen molar-refractivity contribution in [3.05, 3.63) is 24.3 Å². The molecule has 0 radical (unpaired) electrons. The smallest absolute Gasteiger partial charge is 0.305 e. The van der Waals surface area contributed by atoms with Crippen LogP contribution in [0.25, 0.3) is 0 Å². The first kappa shape index (κ1) is 19.0. The van der Waals surface area contributed by atoms with E-state index in [0.717, 1.165) is 19.3 Å². The highest BCUT2D eigenvalue weighted by Crippen LogP contribution is 2.23. The highest BCUT2D eigenvalue weighted by Gasteiger charge is 2.09. The second kappa shape index (κ2) is 11.5. The average Bonchev–Trinajstić information content (AvgIpc) is 2.55. The van der Waals surface area contributed by atoms with Gasteiger partial charge < -0.3 is 14.8 Å². The number of para-hydroxylation sites is 2. The summed E-state index contributed by atoms with van der Waals surface area (Å²) in [4.78, 5) is 23.4. The number of unbranched alkanes of at least 4 members (excludes halogenated alkanes) is 3. The third kappa shape index (κ3) is 8.24. The Labute approximate surface area is 138 Å². The van der Waals surface area contributed by atoms with Gasteiger partial charge in [0.25, 0.3) is 0 Å². The SMILES string of the molecule is CCCCCCOC(=O)CCCC(=O)Nc1ccccc1OC. The molecular formula is C18H27NO4. The summed E-state index contributed by atoms with van der Waals surface area (Å²) in [6, 6.07) is 7.23. The number of amides is 1. The molecule has 0 unspecified atom stereocenters. The lowest BCUT2D eigenvalue weighted by atomic mass is 10.2. The summed E-state index contributed by atoms with van der Waals surface area (Å²) in [6.45, 7) is 2.62. The average molecular weight is 321 g/mol. The molecule has 1 aromatic rings. The van der Waals surface area contributed by atoms with Crippen molar-refractivity contribution in [2.45, 2.75) is 51.9 Å². The van der Waals surface area contributed by atoms with Crippen LogP contribution in [0.1, 0.15) is 51.9 Å². The minimum absolute atomic E-state index is 0.134. The number of methoxy groups -OCH3 is 1. The summed E-state index contributed by atoms with van der Waals surface area (Å²) in [6.07, 6.45) is 5.36. The van der Waals surface area contributed by atoms with Crippen LogP contribution in [0.15, 0.2) is 24.3 Å². The van der Waals surface area contributed by atoms with Crippen LogP contribution in [0.4, 0.5) is 5.69 Å². The summed E-state index contributed by atoms with van der Waals surface area (Å²) in [5.74, 6) is 0.254. The molecule has 0 aromatic heterocycles. The number of hydrogen-bond acceptors (Lipinski definition) is 4. The predicted molar refractivity (Wildman–Crippen MR) is 90.6 cm³/mol. The first-order valence-electron chi connectivity index (χ1n) is 8.25. The van der Waals surface area contributed by atoms with E-state index in [1.165, 1.54) is 6.42 Å². The number of benzene rings is 1. The standard InChI is InChI=1S/C18H27NO4/c1-3-4-5-8-14-23-18(21)13-9-12-17(20)19-15-10-6-7-11-16(15)22-2/h6-7,10-11H,3-5,8-9,12-14H2,1-2H3,(H,19,20). The van der Waals surface area contributed by atoms with Gasteiger partial charge in [0.05, 0.1) is 19.4 Å². The van der Waals surface area contributed by atoms with Crippen LogP contribution in [0.2, 0.25) is 0 Å². The molecule has 1 amide bonds. The zero-order valence-corrected chi connectivity index (χ0v) is 14.1. The van der Waals surface area contributed by atoms with Crippen molar-refractivity contribution in [1.29, 1.82) is 0 Å². The molecule has 5 nitrogen and oxygen atoms in total. The molecule has 0 saturated carbocycles. The Morgan fingerprint density at radius 3 is 2.57 bits per heavy atom. The van der Waals surface area contributed by atoms with Crippen molar-refractivity contribution >= 4 is 17.6 Å². The van der Waals surface area contributed by atoms with E-state index in [4.69, 9.17) is 9.47 Å². The number of anilines is 1. The van der Waals surface area contributed by atoms with Crippen molar-refractivity contribution in [3.63, 3.8) is 0 Å². The maximum atomic E-state index is 11.9. The summed E-state index contributed by atoms with van der Waals surface area (Å²) in [5, 5.41) is 2.79. The number of carbonyl (C=O) groups excluding carboxylic acids is 2. The molecule has 0 bridgehead atoms. The third-order valence-electron chi connectivity index (χ3n) is 3.43. The zero-order valence-electron chi connectivity index (χ0n) is 14.1. The highest BCUT2D eigenvalue weighted by molar-refractivity contribution is 5.92. The molecule has 128 valence electrons. The predicted octanol–water partition coefficient (Wildman–Crippen LogP) is 3.93. The molecule has 5 heteroatoms. The molecule has 0 aliphatic carbocycles. The van der Waals surface area contributed by atoms with Gasteiger partial charge in [0.15, 0.2) is 0 Å². The van der Waals surface area contributed by atoms with Crippen LogP contribution in [0, 0.1) is 0 Å². The molecule has 0 heterocycles. The molecule has 1 N–H and O–H groups in total. The van der Waals surface area contributed by atoms with Crippen molar-refractivity contribution in [1.82, 2.24) is 0 Å². The molecule has 0 atom stereocenters. The summed E-state index contributed by atoms with van der Waals surface area (Å²) >= 11 is 0. The minimum atomic E-state index is -0.230. The first-order chi connectivity index (χ1) is 11.2. The Bertz CT molecular complexity index is 488. The van der Waals surface area contributed by atoms with E-state index >= 15 is 0 Å². The van der Waals surface area contributed by atoms with Gasteiger partial charge in [-0.25, -0.2) is 0 Å². The van der Waals surface area contributed by atoms with Gasteiger partial charge in [-0.3, -0.25) is 9.59 Å². The van der Waals surface area contributed by atoms with Crippen molar-refractivity contribution < 1.29 is 19.1 Å². The van der Waals surface area contributed by atoms with Crippen LogP contribution < -0.4 is 10.1 Å². The second-order valence-electron chi connectivity index (χ2n) is 5.38. The number of esters is 1. The Kier molecular flexibility index (Phi) is 9.52. The van der Waals surface area contributed by atoms with Gasteiger partial charge >= 0.3 is 5.97 Å². The number of rotatable bonds is 11. The van der Waals surface area contributed by atoms with Crippen LogP contribution in [0.3, 0.4) is 0 Å². The fraction of sp³-hybridized carbons (Fsp3) is 0.556. The fourth-order valence-corrected chi connectivity index (χ4v) is 2.14. The normalized spacial score (nSPS) is 10.2. The molecule has 0 aliphatic heterocycles. The summed E-state index contributed by atoms with van der Waals surface area (Å²) < 4.78 is 10.3. The highest BCUT2D eigenvalue weighted by atomic mass is 16.5. The van der Waals surface area contributed by atoms with E-state index in [0.29, 0.717) is 24.5 Å².